The molecule has 18 heavy (non-hydrogen) atoms. The van der Waals surface area contributed by atoms with Crippen LogP contribution in [0.1, 0.15) is 17.2 Å². The minimum atomic E-state index is 0.235. The summed E-state index contributed by atoms with van der Waals surface area (Å²) < 4.78 is 0.983. The predicted molar refractivity (Wildman–Crippen MR) is 80.6 cm³/mol. The van der Waals surface area contributed by atoms with Crippen LogP contribution in [-0.4, -0.2) is 10.9 Å². The lowest BCUT2D eigenvalue weighted by atomic mass is 9.96. The summed E-state index contributed by atoms with van der Waals surface area (Å²) in [7, 11) is 0. The highest BCUT2D eigenvalue weighted by molar-refractivity contribution is 9.10. The van der Waals surface area contributed by atoms with Crippen LogP contribution in [-0.2, 0) is 6.42 Å². The van der Waals surface area contributed by atoms with Gasteiger partial charge in [0, 0.05) is 33.2 Å². The van der Waals surface area contributed by atoms with Crippen molar-refractivity contribution in [2.75, 3.05) is 5.88 Å². The zero-order valence-corrected chi connectivity index (χ0v) is 12.7. The lowest BCUT2D eigenvalue weighted by Gasteiger charge is -2.14. The summed E-state index contributed by atoms with van der Waals surface area (Å²) in [5, 5.41) is 0.742. The number of rotatable bonds is 4. The minimum absolute atomic E-state index is 0.235. The van der Waals surface area contributed by atoms with Crippen LogP contribution in [0.25, 0.3) is 0 Å². The van der Waals surface area contributed by atoms with Crippen LogP contribution < -0.4 is 0 Å². The van der Waals surface area contributed by atoms with E-state index in [0.717, 1.165) is 27.2 Å². The molecule has 0 N–H and O–H groups in total. The Balaban J connectivity index is 2.17. The largest absolute Gasteiger partial charge is 0.260 e. The van der Waals surface area contributed by atoms with Crippen LogP contribution in [0.2, 0.25) is 5.02 Å². The molecule has 0 aliphatic rings. The molecule has 1 nitrogen and oxygen atoms in total. The summed E-state index contributed by atoms with van der Waals surface area (Å²) in [6.45, 7) is 0. The van der Waals surface area contributed by atoms with Gasteiger partial charge in [0.1, 0.15) is 0 Å². The number of halogens is 3. The molecule has 1 heterocycles. The number of nitrogens with zero attached hydrogens (tertiary/aromatic N) is 1. The highest BCUT2D eigenvalue weighted by Gasteiger charge is 2.12. The van der Waals surface area contributed by atoms with Crippen molar-refractivity contribution in [2.45, 2.75) is 12.3 Å². The maximum atomic E-state index is 6.06. The highest BCUT2D eigenvalue weighted by Crippen LogP contribution is 2.24. The van der Waals surface area contributed by atoms with Crippen molar-refractivity contribution in [3.63, 3.8) is 0 Å². The molecule has 0 saturated heterocycles. The fourth-order valence-electron chi connectivity index (χ4n) is 1.80. The first-order valence-corrected chi connectivity index (χ1v) is 7.31. The molecule has 94 valence electrons. The number of hydrogen-bond acceptors (Lipinski definition) is 1. The second-order valence-electron chi connectivity index (χ2n) is 4.08. The van der Waals surface area contributed by atoms with E-state index in [9.17, 15) is 0 Å². The third-order valence-electron chi connectivity index (χ3n) is 2.75. The Kier molecular flexibility index (Phi) is 5.04. The van der Waals surface area contributed by atoms with E-state index in [1.807, 2.05) is 30.3 Å². The van der Waals surface area contributed by atoms with E-state index < -0.39 is 0 Å². The Bertz CT molecular complexity index is 513. The lowest BCUT2D eigenvalue weighted by molar-refractivity contribution is 0.747. The first-order chi connectivity index (χ1) is 8.69. The van der Waals surface area contributed by atoms with Crippen molar-refractivity contribution < 1.29 is 0 Å². The smallest absolute Gasteiger partial charge is 0.0413 e. The molecule has 0 aliphatic heterocycles. The number of alkyl halides is 1. The second kappa shape index (κ2) is 6.55. The molecule has 0 saturated carbocycles. The van der Waals surface area contributed by atoms with Gasteiger partial charge in [0.05, 0.1) is 0 Å². The van der Waals surface area contributed by atoms with Crippen molar-refractivity contribution in [3.8, 4) is 0 Å². The van der Waals surface area contributed by atoms with Gasteiger partial charge in [0.15, 0.2) is 0 Å². The van der Waals surface area contributed by atoms with E-state index in [2.05, 4.69) is 27.0 Å². The monoisotopic (exact) mass is 343 g/mol. The molecular formula is C14H12BrCl2N. The van der Waals surface area contributed by atoms with Gasteiger partial charge < -0.3 is 0 Å². The van der Waals surface area contributed by atoms with Crippen LogP contribution in [0.5, 0.6) is 0 Å². The lowest BCUT2D eigenvalue weighted by Crippen LogP contribution is -2.06. The molecule has 1 aromatic heterocycles. The summed E-state index contributed by atoms with van der Waals surface area (Å²) in [5.41, 5.74) is 2.19. The van der Waals surface area contributed by atoms with Gasteiger partial charge in [-0.25, -0.2) is 0 Å². The highest BCUT2D eigenvalue weighted by atomic mass is 79.9. The Morgan fingerprint density at radius 1 is 1.22 bits per heavy atom. The maximum Gasteiger partial charge on any atom is 0.0413 e. The molecule has 2 rings (SSSR count). The SMILES string of the molecule is ClCC(Cc1ccc(Br)cn1)c1cccc(Cl)c1. The third-order valence-corrected chi connectivity index (χ3v) is 3.83. The molecule has 0 aliphatic carbocycles. The van der Waals surface area contributed by atoms with E-state index >= 15 is 0 Å². The molecule has 2 aromatic rings. The molecule has 1 unspecified atom stereocenters. The Morgan fingerprint density at radius 2 is 2.06 bits per heavy atom. The maximum absolute atomic E-state index is 6.06. The van der Waals surface area contributed by atoms with Crippen molar-refractivity contribution in [3.05, 3.63) is 63.3 Å². The Labute approximate surface area is 125 Å². The first-order valence-electron chi connectivity index (χ1n) is 5.61. The van der Waals surface area contributed by atoms with Crippen LogP contribution in [0, 0.1) is 0 Å². The van der Waals surface area contributed by atoms with Gasteiger partial charge in [-0.15, -0.1) is 11.6 Å². The summed E-state index contributed by atoms with van der Waals surface area (Å²) in [6.07, 6.45) is 2.62. The normalized spacial score (nSPS) is 12.4. The minimum Gasteiger partial charge on any atom is -0.260 e. The van der Waals surface area contributed by atoms with Gasteiger partial charge in [0.2, 0.25) is 0 Å². The molecule has 1 aromatic carbocycles. The zero-order valence-electron chi connectivity index (χ0n) is 9.61. The number of aromatic nitrogens is 1. The molecule has 1 atom stereocenters. The zero-order chi connectivity index (χ0) is 13.0. The van der Waals surface area contributed by atoms with E-state index in [-0.39, 0.29) is 5.92 Å². The van der Waals surface area contributed by atoms with Crippen molar-refractivity contribution >= 4 is 39.1 Å². The first kappa shape index (κ1) is 13.9. The van der Waals surface area contributed by atoms with Gasteiger partial charge in [-0.2, -0.15) is 0 Å². The van der Waals surface area contributed by atoms with Crippen molar-refractivity contribution in [1.82, 2.24) is 4.98 Å². The van der Waals surface area contributed by atoms with E-state index in [4.69, 9.17) is 23.2 Å². The van der Waals surface area contributed by atoms with Gasteiger partial charge >= 0.3 is 0 Å². The summed E-state index contributed by atoms with van der Waals surface area (Å²) in [5.74, 6) is 0.789. The second-order valence-corrected chi connectivity index (χ2v) is 5.74. The molecule has 0 spiro atoms. The standard InChI is InChI=1S/C14H12BrCl2N/c15-12-4-5-14(18-9-12)7-11(8-16)10-2-1-3-13(17)6-10/h1-6,9,11H,7-8H2. The number of hydrogen-bond donors (Lipinski definition) is 0. The Morgan fingerprint density at radius 3 is 2.67 bits per heavy atom. The molecule has 0 bridgehead atoms. The quantitative estimate of drug-likeness (QED) is 0.706. The predicted octanol–water partition coefficient (Wildman–Crippen LogP) is 5.06. The van der Waals surface area contributed by atoms with Gasteiger partial charge in [-0.1, -0.05) is 23.7 Å². The van der Waals surface area contributed by atoms with Gasteiger partial charge in [-0.3, -0.25) is 4.98 Å². The van der Waals surface area contributed by atoms with E-state index in [0.29, 0.717) is 5.88 Å². The Hall–Kier alpha value is -0.570. The molecular weight excluding hydrogens is 333 g/mol. The number of benzene rings is 1. The summed E-state index contributed by atoms with van der Waals surface area (Å²) in [4.78, 5) is 4.38. The van der Waals surface area contributed by atoms with Gasteiger partial charge in [-0.05, 0) is 52.2 Å². The average Bonchev–Trinajstić information content (AvgIpc) is 2.38. The number of pyridine rings is 1. The van der Waals surface area contributed by atoms with Crippen molar-refractivity contribution in [1.29, 1.82) is 0 Å². The molecule has 0 radical (unpaired) electrons. The van der Waals surface area contributed by atoms with Crippen LogP contribution in [0.3, 0.4) is 0 Å². The van der Waals surface area contributed by atoms with Crippen LogP contribution >= 0.6 is 39.1 Å². The summed E-state index contributed by atoms with van der Waals surface area (Å²) in [6, 6.07) is 11.8. The fraction of sp³-hybridized carbons (Fsp3) is 0.214. The van der Waals surface area contributed by atoms with E-state index in [1.165, 1.54) is 0 Å². The summed E-state index contributed by atoms with van der Waals surface area (Å²) >= 11 is 15.4. The fourth-order valence-corrected chi connectivity index (χ4v) is 2.52. The third kappa shape index (κ3) is 3.71. The topological polar surface area (TPSA) is 12.9 Å². The molecule has 0 fully saturated rings. The van der Waals surface area contributed by atoms with Gasteiger partial charge in [0.25, 0.3) is 0 Å². The van der Waals surface area contributed by atoms with Crippen LogP contribution in [0.15, 0.2) is 47.1 Å². The van der Waals surface area contributed by atoms with Crippen LogP contribution in [0.4, 0.5) is 0 Å². The van der Waals surface area contributed by atoms with Crippen molar-refractivity contribution in [2.24, 2.45) is 0 Å². The molecule has 0 amide bonds. The molecule has 4 heteroatoms. The van der Waals surface area contributed by atoms with E-state index in [1.54, 1.807) is 6.20 Å². The average molecular weight is 345 g/mol.